The average molecular weight is 319 g/mol. The van der Waals surface area contributed by atoms with Crippen molar-refractivity contribution < 1.29 is 4.79 Å². The number of thiazole rings is 1. The van der Waals surface area contributed by atoms with E-state index in [0.717, 1.165) is 25.2 Å². The lowest BCUT2D eigenvalue weighted by molar-refractivity contribution is -0.120. The molecule has 0 saturated carbocycles. The summed E-state index contributed by atoms with van der Waals surface area (Å²) >= 11 is 1.41. The lowest BCUT2D eigenvalue weighted by Gasteiger charge is -2.32. The van der Waals surface area contributed by atoms with Gasteiger partial charge in [0.1, 0.15) is 5.82 Å². The van der Waals surface area contributed by atoms with E-state index < -0.39 is 0 Å². The van der Waals surface area contributed by atoms with Gasteiger partial charge in [-0.05, 0) is 18.9 Å². The molecule has 1 N–H and O–H groups in total. The number of nitrogens with one attached hydrogen (secondary N) is 1. The number of carbonyl (C=O) groups excluding carboxylic acids is 1. The molecule has 0 aliphatic carbocycles. The van der Waals surface area contributed by atoms with Gasteiger partial charge in [0.05, 0.1) is 5.92 Å². The zero-order chi connectivity index (χ0) is 15.5. The molecule has 1 atom stereocenters. The second kappa shape index (κ2) is 6.27. The Morgan fingerprint density at radius 1 is 1.45 bits per heavy atom. The molecule has 3 rings (SSSR count). The number of hydrogen-bond donors (Lipinski definition) is 1. The van der Waals surface area contributed by atoms with E-state index in [-0.39, 0.29) is 17.4 Å². The van der Waals surface area contributed by atoms with Crippen LogP contribution in [-0.2, 0) is 11.8 Å². The van der Waals surface area contributed by atoms with E-state index in [1.807, 2.05) is 5.38 Å². The molecule has 1 saturated heterocycles. The smallest absolute Gasteiger partial charge is 0.266 e. The molecule has 1 aliphatic rings. The molecule has 0 radical (unpaired) electrons. The maximum atomic E-state index is 12.3. The first-order valence-electron chi connectivity index (χ1n) is 7.13. The van der Waals surface area contributed by atoms with Gasteiger partial charge in [0, 0.05) is 37.8 Å². The van der Waals surface area contributed by atoms with E-state index >= 15 is 0 Å². The van der Waals surface area contributed by atoms with Gasteiger partial charge in [0.25, 0.3) is 5.56 Å². The summed E-state index contributed by atoms with van der Waals surface area (Å²) in [4.78, 5) is 29.9. The third kappa shape index (κ3) is 3.16. The number of nitrogens with zero attached hydrogens (tertiary/aromatic N) is 4. The molecule has 22 heavy (non-hydrogen) atoms. The number of piperidine rings is 1. The van der Waals surface area contributed by atoms with Crippen LogP contribution >= 0.6 is 11.3 Å². The van der Waals surface area contributed by atoms with E-state index in [1.165, 1.54) is 22.1 Å². The summed E-state index contributed by atoms with van der Waals surface area (Å²) in [5.41, 5.74) is -0.140. The third-order valence-corrected chi connectivity index (χ3v) is 4.41. The minimum absolute atomic E-state index is 0.00975. The van der Waals surface area contributed by atoms with Crippen molar-refractivity contribution in [3.8, 4) is 0 Å². The summed E-state index contributed by atoms with van der Waals surface area (Å²) in [5, 5.41) is 9.56. The first kappa shape index (κ1) is 14.7. The molecule has 0 aromatic carbocycles. The van der Waals surface area contributed by atoms with Crippen LogP contribution in [0.3, 0.4) is 0 Å². The molecule has 2 aromatic rings. The molecule has 7 nitrogen and oxygen atoms in total. The van der Waals surface area contributed by atoms with Crippen LogP contribution in [0, 0.1) is 5.92 Å². The number of aryl methyl sites for hydroxylation is 1. The SMILES string of the molecule is Cn1nc(N2CCC[C@@H](C(=O)Nc3nccs3)C2)ccc1=O. The van der Waals surface area contributed by atoms with E-state index in [1.54, 1.807) is 19.3 Å². The van der Waals surface area contributed by atoms with Gasteiger partial charge in [-0.25, -0.2) is 9.67 Å². The highest BCUT2D eigenvalue weighted by Crippen LogP contribution is 2.22. The van der Waals surface area contributed by atoms with Crippen LogP contribution in [0.15, 0.2) is 28.5 Å². The van der Waals surface area contributed by atoms with Gasteiger partial charge in [0.2, 0.25) is 5.91 Å². The van der Waals surface area contributed by atoms with Gasteiger partial charge in [-0.15, -0.1) is 11.3 Å². The first-order chi connectivity index (χ1) is 10.6. The normalized spacial score (nSPS) is 18.2. The Bertz CT molecular complexity index is 712. The van der Waals surface area contributed by atoms with Crippen LogP contribution in [0.25, 0.3) is 0 Å². The number of carbonyl (C=O) groups is 1. The van der Waals surface area contributed by atoms with Crippen molar-refractivity contribution >= 4 is 28.2 Å². The van der Waals surface area contributed by atoms with Gasteiger partial charge in [-0.3, -0.25) is 9.59 Å². The number of amides is 1. The summed E-state index contributed by atoms with van der Waals surface area (Å²) in [7, 11) is 1.63. The molecule has 2 aromatic heterocycles. The van der Waals surface area contributed by atoms with Crippen molar-refractivity contribution in [1.29, 1.82) is 0 Å². The Hall–Kier alpha value is -2.22. The van der Waals surface area contributed by atoms with E-state index in [2.05, 4.69) is 20.3 Å². The Morgan fingerprint density at radius 2 is 2.32 bits per heavy atom. The zero-order valence-electron chi connectivity index (χ0n) is 12.2. The third-order valence-electron chi connectivity index (χ3n) is 3.73. The highest BCUT2D eigenvalue weighted by atomic mass is 32.1. The van der Waals surface area contributed by atoms with Gasteiger partial charge in [-0.2, -0.15) is 5.10 Å². The van der Waals surface area contributed by atoms with Gasteiger partial charge < -0.3 is 10.2 Å². The highest BCUT2D eigenvalue weighted by molar-refractivity contribution is 7.13. The highest BCUT2D eigenvalue weighted by Gasteiger charge is 2.27. The minimum Gasteiger partial charge on any atom is -0.354 e. The van der Waals surface area contributed by atoms with Crippen molar-refractivity contribution in [2.75, 3.05) is 23.3 Å². The van der Waals surface area contributed by atoms with Crippen molar-refractivity contribution in [3.05, 3.63) is 34.1 Å². The average Bonchev–Trinajstić information content (AvgIpc) is 3.03. The second-order valence-electron chi connectivity index (χ2n) is 5.27. The summed E-state index contributed by atoms with van der Waals surface area (Å²) in [5.74, 6) is 0.620. The fourth-order valence-corrected chi connectivity index (χ4v) is 3.08. The van der Waals surface area contributed by atoms with Gasteiger partial charge in [-0.1, -0.05) is 0 Å². The Labute approximate surface area is 131 Å². The molecule has 116 valence electrons. The van der Waals surface area contributed by atoms with Crippen LogP contribution in [0.1, 0.15) is 12.8 Å². The molecule has 0 bridgehead atoms. The number of anilines is 2. The monoisotopic (exact) mass is 319 g/mol. The van der Waals surface area contributed by atoms with Crippen molar-refractivity contribution in [1.82, 2.24) is 14.8 Å². The standard InChI is InChI=1S/C14H17N5O2S/c1-18-12(20)5-4-11(17-18)19-7-2-3-10(9-19)13(21)16-14-15-6-8-22-14/h4-6,8,10H,2-3,7,9H2,1H3,(H,15,16,21)/t10-/m1/s1. The van der Waals surface area contributed by atoms with Crippen LogP contribution < -0.4 is 15.8 Å². The van der Waals surface area contributed by atoms with Crippen molar-refractivity contribution in [2.24, 2.45) is 13.0 Å². The van der Waals surface area contributed by atoms with Gasteiger partial charge in [0.15, 0.2) is 5.13 Å². The fraction of sp³-hybridized carbons (Fsp3) is 0.429. The minimum atomic E-state index is -0.140. The quantitative estimate of drug-likeness (QED) is 0.916. The topological polar surface area (TPSA) is 80.1 Å². The van der Waals surface area contributed by atoms with Gasteiger partial charge >= 0.3 is 0 Å². The summed E-state index contributed by atoms with van der Waals surface area (Å²) in [6, 6.07) is 3.21. The molecule has 3 heterocycles. The first-order valence-corrected chi connectivity index (χ1v) is 8.01. The summed E-state index contributed by atoms with van der Waals surface area (Å²) in [6.45, 7) is 1.44. The van der Waals surface area contributed by atoms with E-state index in [4.69, 9.17) is 0 Å². The molecule has 1 fully saturated rings. The molecule has 1 aliphatic heterocycles. The number of aromatic nitrogens is 3. The van der Waals surface area contributed by atoms with Crippen molar-refractivity contribution in [2.45, 2.75) is 12.8 Å². The summed E-state index contributed by atoms with van der Waals surface area (Å²) in [6.07, 6.45) is 3.43. The molecular weight excluding hydrogens is 302 g/mol. The summed E-state index contributed by atoms with van der Waals surface area (Å²) < 4.78 is 1.31. The predicted octanol–water partition coefficient (Wildman–Crippen LogP) is 1.09. The Kier molecular flexibility index (Phi) is 4.19. The Balaban J connectivity index is 1.69. The number of rotatable bonds is 3. The molecule has 0 spiro atoms. The maximum absolute atomic E-state index is 12.3. The maximum Gasteiger partial charge on any atom is 0.266 e. The van der Waals surface area contributed by atoms with Crippen LogP contribution in [-0.4, -0.2) is 33.8 Å². The Morgan fingerprint density at radius 3 is 3.05 bits per heavy atom. The molecule has 0 unspecified atom stereocenters. The zero-order valence-corrected chi connectivity index (χ0v) is 13.0. The van der Waals surface area contributed by atoms with E-state index in [9.17, 15) is 9.59 Å². The van der Waals surface area contributed by atoms with E-state index in [0.29, 0.717) is 11.7 Å². The van der Waals surface area contributed by atoms with Crippen molar-refractivity contribution in [3.63, 3.8) is 0 Å². The number of hydrogen-bond acceptors (Lipinski definition) is 6. The second-order valence-corrected chi connectivity index (χ2v) is 6.16. The predicted molar refractivity (Wildman–Crippen MR) is 85.2 cm³/mol. The fourth-order valence-electron chi connectivity index (χ4n) is 2.55. The van der Waals surface area contributed by atoms with Crippen LogP contribution in [0.2, 0.25) is 0 Å². The molecule has 1 amide bonds. The lowest BCUT2D eigenvalue weighted by atomic mass is 9.97. The lowest BCUT2D eigenvalue weighted by Crippen LogP contribution is -2.41. The van der Waals surface area contributed by atoms with Crippen LogP contribution in [0.5, 0.6) is 0 Å². The molecule has 8 heteroatoms. The molecular formula is C14H17N5O2S. The largest absolute Gasteiger partial charge is 0.354 e. The van der Waals surface area contributed by atoms with Crippen LogP contribution in [0.4, 0.5) is 10.9 Å².